The number of halogens is 7. The third-order valence-corrected chi connectivity index (χ3v) is 6.07. The van der Waals surface area contributed by atoms with Crippen molar-refractivity contribution < 1.29 is 35.9 Å². The lowest BCUT2D eigenvalue weighted by molar-refractivity contribution is -0.146. The second-order valence-corrected chi connectivity index (χ2v) is 8.75. The second-order valence-electron chi connectivity index (χ2n) is 8.32. The minimum absolute atomic E-state index is 0.110. The molecule has 1 aliphatic heterocycles. The highest BCUT2D eigenvalue weighted by atomic mass is 35.5. The molecule has 0 N–H and O–H groups in total. The summed E-state index contributed by atoms with van der Waals surface area (Å²) >= 11 is 6.04. The number of methoxy groups -OCH3 is 1. The van der Waals surface area contributed by atoms with Crippen LogP contribution >= 0.6 is 11.6 Å². The van der Waals surface area contributed by atoms with Gasteiger partial charge in [0.25, 0.3) is 0 Å². The van der Waals surface area contributed by atoms with Crippen LogP contribution in [-0.2, 0) is 35.0 Å². The molecule has 4 nitrogen and oxygen atoms in total. The molecule has 1 heterocycles. The number of likely N-dealkylation sites (N-methyl/N-ethyl adjacent to an activating group) is 1. The number of alkyl halides is 6. The van der Waals surface area contributed by atoms with Gasteiger partial charge in [-0.1, -0.05) is 23.7 Å². The van der Waals surface area contributed by atoms with Crippen LogP contribution in [0, 0.1) is 0 Å². The maximum atomic E-state index is 13.2. The van der Waals surface area contributed by atoms with Crippen molar-refractivity contribution in [3.05, 3.63) is 69.7 Å². The molecule has 186 valence electrons. The first-order valence-corrected chi connectivity index (χ1v) is 10.7. The molecule has 0 radical (unpaired) electrons. The molecule has 11 heteroatoms. The number of hydrogen-bond donors (Lipinski definition) is 0. The van der Waals surface area contributed by atoms with E-state index in [0.717, 1.165) is 17.7 Å². The topological polar surface area (TPSA) is 32.8 Å². The number of hydrogen-bond acceptors (Lipinski definition) is 4. The zero-order chi connectivity index (χ0) is 25.3. The quantitative estimate of drug-likeness (QED) is 0.374. The van der Waals surface area contributed by atoms with Crippen molar-refractivity contribution in [2.24, 2.45) is 0 Å². The smallest absolute Gasteiger partial charge is 0.416 e. The molecular weight excluding hydrogens is 486 g/mol. The summed E-state index contributed by atoms with van der Waals surface area (Å²) in [6.07, 6.45) is -9.51. The van der Waals surface area contributed by atoms with E-state index in [-0.39, 0.29) is 24.2 Å². The van der Waals surface area contributed by atoms with Gasteiger partial charge in [-0.2, -0.15) is 26.3 Å². The second kappa shape index (κ2) is 10.1. The summed E-state index contributed by atoms with van der Waals surface area (Å²) in [4.78, 5) is 15.9. The summed E-state index contributed by atoms with van der Waals surface area (Å²) in [5.74, 6) is -0.462. The minimum atomic E-state index is -4.91. The lowest BCUT2D eigenvalue weighted by Crippen LogP contribution is -2.36. The summed E-state index contributed by atoms with van der Waals surface area (Å²) in [5.41, 5.74) is -1.97. The molecule has 2 unspecified atom stereocenters. The molecule has 2 aromatic rings. The fourth-order valence-electron chi connectivity index (χ4n) is 4.15. The van der Waals surface area contributed by atoms with Gasteiger partial charge in [0.05, 0.1) is 18.2 Å². The van der Waals surface area contributed by atoms with Crippen molar-refractivity contribution in [1.82, 2.24) is 9.80 Å². The summed E-state index contributed by atoms with van der Waals surface area (Å²) in [5, 5.41) is 0.532. The molecule has 0 amide bonds. The van der Waals surface area contributed by atoms with Crippen molar-refractivity contribution in [2.75, 3.05) is 20.7 Å². The van der Waals surface area contributed by atoms with Gasteiger partial charge >= 0.3 is 18.3 Å². The Morgan fingerprint density at radius 2 is 1.68 bits per heavy atom. The fourth-order valence-corrected chi connectivity index (χ4v) is 4.37. The zero-order valence-electron chi connectivity index (χ0n) is 18.4. The Balaban J connectivity index is 1.81. The van der Waals surface area contributed by atoms with Gasteiger partial charge in [-0.05, 0) is 54.9 Å². The van der Waals surface area contributed by atoms with E-state index in [9.17, 15) is 31.1 Å². The number of carbonyl (C=O) groups excluding carboxylic acids is 1. The Morgan fingerprint density at radius 1 is 1.06 bits per heavy atom. The van der Waals surface area contributed by atoms with Gasteiger partial charge in [0.15, 0.2) is 0 Å². The van der Waals surface area contributed by atoms with Crippen molar-refractivity contribution in [1.29, 1.82) is 0 Å². The average molecular weight is 509 g/mol. The van der Waals surface area contributed by atoms with Crippen molar-refractivity contribution in [3.63, 3.8) is 0 Å². The maximum Gasteiger partial charge on any atom is 0.416 e. The molecule has 0 saturated carbocycles. The largest absolute Gasteiger partial charge is 0.468 e. The maximum absolute atomic E-state index is 13.2. The van der Waals surface area contributed by atoms with E-state index in [4.69, 9.17) is 16.3 Å². The number of benzene rings is 2. The summed E-state index contributed by atoms with van der Waals surface area (Å²) in [6, 6.07) is 7.75. The lowest BCUT2D eigenvalue weighted by Gasteiger charge is -2.25. The van der Waals surface area contributed by atoms with Crippen LogP contribution in [0.5, 0.6) is 0 Å². The van der Waals surface area contributed by atoms with E-state index in [0.29, 0.717) is 24.5 Å². The Labute approximate surface area is 198 Å². The first-order valence-electron chi connectivity index (χ1n) is 10.3. The Bertz CT molecular complexity index is 995. The molecule has 1 fully saturated rings. The van der Waals surface area contributed by atoms with Gasteiger partial charge < -0.3 is 4.74 Å². The highest BCUT2D eigenvalue weighted by Crippen LogP contribution is 2.37. The number of carbonyl (C=O) groups is 1. The van der Waals surface area contributed by atoms with Crippen LogP contribution in [0.4, 0.5) is 26.3 Å². The highest BCUT2D eigenvalue weighted by molar-refractivity contribution is 6.30. The molecule has 1 saturated heterocycles. The summed E-state index contributed by atoms with van der Waals surface area (Å²) in [6.45, 7) is 0.594. The van der Waals surface area contributed by atoms with Crippen LogP contribution in [0.1, 0.15) is 28.7 Å². The Kier molecular flexibility index (Phi) is 7.84. The number of ether oxygens (including phenoxy) is 1. The minimum Gasteiger partial charge on any atom is -0.468 e. The van der Waals surface area contributed by atoms with E-state index in [1.165, 1.54) is 7.11 Å². The van der Waals surface area contributed by atoms with E-state index in [2.05, 4.69) is 0 Å². The number of rotatable bonds is 6. The molecule has 0 aromatic heterocycles. The van der Waals surface area contributed by atoms with Crippen molar-refractivity contribution in [2.45, 2.75) is 43.9 Å². The zero-order valence-corrected chi connectivity index (χ0v) is 19.1. The van der Waals surface area contributed by atoms with E-state index >= 15 is 0 Å². The van der Waals surface area contributed by atoms with Gasteiger partial charge in [0.1, 0.15) is 6.04 Å². The molecule has 34 heavy (non-hydrogen) atoms. The van der Waals surface area contributed by atoms with Crippen LogP contribution in [0.15, 0.2) is 42.5 Å². The standard InChI is InChI=1S/C23H23ClF6N2O2/c1-31(11-15-6-16(22(25,26)27)9-17(7-15)23(28,29)30)19-10-20(21(33)34-2)32(13-19)12-14-4-3-5-18(24)8-14/h3-9,19-20H,10-13H2,1-2H3. The van der Waals surface area contributed by atoms with E-state index < -0.39 is 35.5 Å². The monoisotopic (exact) mass is 508 g/mol. The van der Waals surface area contributed by atoms with E-state index in [1.54, 1.807) is 30.1 Å². The number of likely N-dealkylation sites (tertiary alicyclic amines) is 1. The van der Waals surface area contributed by atoms with Crippen LogP contribution < -0.4 is 0 Å². The van der Waals surface area contributed by atoms with Crippen molar-refractivity contribution >= 4 is 17.6 Å². The van der Waals surface area contributed by atoms with Crippen molar-refractivity contribution in [3.8, 4) is 0 Å². The molecule has 2 aromatic carbocycles. The van der Waals surface area contributed by atoms with Crippen LogP contribution in [-0.4, -0.2) is 48.6 Å². The summed E-state index contributed by atoms with van der Waals surface area (Å²) < 4.78 is 84.1. The van der Waals surface area contributed by atoms with Gasteiger partial charge in [-0.3, -0.25) is 14.6 Å². The van der Waals surface area contributed by atoms with Gasteiger partial charge in [0.2, 0.25) is 0 Å². The first kappa shape index (κ1) is 26.3. The highest BCUT2D eigenvalue weighted by Gasteiger charge is 2.40. The number of nitrogens with zero attached hydrogens (tertiary/aromatic N) is 2. The average Bonchev–Trinajstić information content (AvgIpc) is 3.15. The molecule has 0 spiro atoms. The van der Waals surface area contributed by atoms with Crippen LogP contribution in [0.2, 0.25) is 5.02 Å². The van der Waals surface area contributed by atoms with Gasteiger partial charge in [-0.25, -0.2) is 0 Å². The third-order valence-electron chi connectivity index (χ3n) is 5.83. The normalized spacial score (nSPS) is 19.6. The lowest BCUT2D eigenvalue weighted by atomic mass is 10.0. The van der Waals surface area contributed by atoms with Crippen LogP contribution in [0.25, 0.3) is 0 Å². The molecule has 2 atom stereocenters. The molecular formula is C23H23ClF6N2O2. The summed E-state index contributed by atoms with van der Waals surface area (Å²) in [7, 11) is 2.87. The molecule has 0 bridgehead atoms. The first-order chi connectivity index (χ1) is 15.8. The molecule has 0 aliphatic carbocycles. The molecule has 1 aliphatic rings. The van der Waals surface area contributed by atoms with E-state index in [1.807, 2.05) is 11.0 Å². The number of esters is 1. The Morgan fingerprint density at radius 3 is 2.21 bits per heavy atom. The Hall–Kier alpha value is -2.30. The predicted molar refractivity (Wildman–Crippen MR) is 114 cm³/mol. The molecule has 3 rings (SSSR count). The van der Waals surface area contributed by atoms with Gasteiger partial charge in [0, 0.05) is 30.7 Å². The van der Waals surface area contributed by atoms with Crippen LogP contribution in [0.3, 0.4) is 0 Å². The fraction of sp³-hybridized carbons (Fsp3) is 0.435. The SMILES string of the molecule is COC(=O)C1CC(N(C)Cc2cc(C(F)(F)F)cc(C(F)(F)F)c2)CN1Cc1cccc(Cl)c1. The van der Waals surface area contributed by atoms with Gasteiger partial charge in [-0.15, -0.1) is 0 Å². The predicted octanol–water partition coefficient (Wildman–Crippen LogP) is 5.63. The third kappa shape index (κ3) is 6.43.